The minimum atomic E-state index is -0.132. The van der Waals surface area contributed by atoms with Gasteiger partial charge in [-0.1, -0.05) is 49.4 Å². The number of nitrogen functional groups attached to an aromatic ring is 1. The predicted molar refractivity (Wildman–Crippen MR) is 130 cm³/mol. The van der Waals surface area contributed by atoms with Crippen molar-refractivity contribution < 1.29 is 4.79 Å². The zero-order valence-corrected chi connectivity index (χ0v) is 18.4. The number of carbonyl (C=O) groups is 1. The zero-order chi connectivity index (χ0) is 20.9. The third-order valence-electron chi connectivity index (χ3n) is 5.35. The van der Waals surface area contributed by atoms with Gasteiger partial charge >= 0.3 is 0 Å². The Kier molecular flexibility index (Phi) is 7.32. The monoisotopic (exact) mass is 434 g/mol. The van der Waals surface area contributed by atoms with Gasteiger partial charge in [-0.3, -0.25) is 4.79 Å². The molecule has 0 unspecified atom stereocenters. The molecular weight excluding hydrogens is 408 g/mol. The largest absolute Gasteiger partial charge is 0.369 e. The summed E-state index contributed by atoms with van der Waals surface area (Å²) in [5.41, 5.74) is 11.8. The van der Waals surface area contributed by atoms with Gasteiger partial charge in [0.2, 0.25) is 5.95 Å². The number of imidazole rings is 1. The number of nitrogens with one attached hydrogen (secondary N) is 1. The van der Waals surface area contributed by atoms with E-state index in [1.807, 2.05) is 53.1 Å². The SMILES string of the molecule is CCc1ccc(C(=O)Nc2ccc3c(c2)nc(N)n3CCCc2ccccc2)cc1.Cl. The molecule has 0 bridgehead atoms. The van der Waals surface area contributed by atoms with Crippen LogP contribution in [0.2, 0.25) is 0 Å². The van der Waals surface area contributed by atoms with Crippen LogP contribution in [0.15, 0.2) is 72.8 Å². The van der Waals surface area contributed by atoms with Gasteiger partial charge in [-0.2, -0.15) is 0 Å². The molecule has 3 aromatic carbocycles. The van der Waals surface area contributed by atoms with Crippen LogP contribution < -0.4 is 11.1 Å². The Morgan fingerprint density at radius 2 is 1.74 bits per heavy atom. The quantitative estimate of drug-likeness (QED) is 0.404. The molecule has 0 spiro atoms. The summed E-state index contributed by atoms with van der Waals surface area (Å²) in [7, 11) is 0. The van der Waals surface area contributed by atoms with E-state index in [1.165, 1.54) is 11.1 Å². The molecule has 6 heteroatoms. The van der Waals surface area contributed by atoms with Gasteiger partial charge in [0.1, 0.15) is 0 Å². The second kappa shape index (κ2) is 10.1. The molecule has 0 atom stereocenters. The van der Waals surface area contributed by atoms with Gasteiger partial charge in [0.05, 0.1) is 11.0 Å². The normalized spacial score (nSPS) is 10.6. The van der Waals surface area contributed by atoms with Crippen LogP contribution in [0.4, 0.5) is 11.6 Å². The minimum absolute atomic E-state index is 0. The summed E-state index contributed by atoms with van der Waals surface area (Å²) in [4.78, 5) is 17.0. The lowest BCUT2D eigenvalue weighted by Crippen LogP contribution is -2.11. The molecule has 3 N–H and O–H groups in total. The highest BCUT2D eigenvalue weighted by Crippen LogP contribution is 2.23. The van der Waals surface area contributed by atoms with Crippen molar-refractivity contribution in [2.24, 2.45) is 0 Å². The van der Waals surface area contributed by atoms with Crippen molar-refractivity contribution in [1.29, 1.82) is 0 Å². The van der Waals surface area contributed by atoms with E-state index in [9.17, 15) is 4.79 Å². The number of aryl methyl sites for hydroxylation is 3. The summed E-state index contributed by atoms with van der Waals surface area (Å²) >= 11 is 0. The van der Waals surface area contributed by atoms with Crippen molar-refractivity contribution in [2.45, 2.75) is 32.7 Å². The summed E-state index contributed by atoms with van der Waals surface area (Å²) in [6, 6.07) is 23.8. The number of benzene rings is 3. The van der Waals surface area contributed by atoms with Crippen LogP contribution in [0, 0.1) is 0 Å². The molecule has 0 saturated heterocycles. The number of fused-ring (bicyclic) bond motifs is 1. The second-order valence-electron chi connectivity index (χ2n) is 7.42. The van der Waals surface area contributed by atoms with E-state index in [2.05, 4.69) is 41.5 Å². The van der Waals surface area contributed by atoms with E-state index in [0.29, 0.717) is 17.2 Å². The van der Waals surface area contributed by atoms with Gasteiger partial charge in [0.15, 0.2) is 0 Å². The number of aromatic nitrogens is 2. The molecule has 0 saturated carbocycles. The minimum Gasteiger partial charge on any atom is -0.369 e. The van der Waals surface area contributed by atoms with Gasteiger partial charge < -0.3 is 15.6 Å². The molecule has 0 aliphatic heterocycles. The standard InChI is InChI=1S/C25H26N4O.ClH/c1-2-18-10-12-20(13-11-18)24(30)27-21-14-15-23-22(17-21)28-25(26)29(23)16-6-9-19-7-4-3-5-8-19;/h3-5,7-8,10-15,17H,2,6,9,16H2,1H3,(H2,26,28)(H,27,30);1H. The predicted octanol–water partition coefficient (Wildman–Crippen LogP) is 5.49. The summed E-state index contributed by atoms with van der Waals surface area (Å²) in [5.74, 6) is 0.365. The first-order valence-corrected chi connectivity index (χ1v) is 10.3. The maximum Gasteiger partial charge on any atom is 0.255 e. The Bertz CT molecular complexity index is 1150. The first kappa shape index (κ1) is 22.4. The molecule has 1 aromatic heterocycles. The van der Waals surface area contributed by atoms with Crippen molar-refractivity contribution in [3.8, 4) is 0 Å². The Balaban J connectivity index is 0.00000272. The summed E-state index contributed by atoms with van der Waals surface area (Å²) in [5, 5.41) is 2.95. The van der Waals surface area contributed by atoms with E-state index in [-0.39, 0.29) is 18.3 Å². The third kappa shape index (κ3) is 5.25. The number of carbonyl (C=O) groups excluding carboxylic acids is 1. The molecule has 0 fully saturated rings. The van der Waals surface area contributed by atoms with E-state index in [1.54, 1.807) is 0 Å². The molecule has 4 aromatic rings. The molecular formula is C25H27ClN4O. The molecule has 5 nitrogen and oxygen atoms in total. The fourth-order valence-corrected chi connectivity index (χ4v) is 3.64. The lowest BCUT2D eigenvalue weighted by molar-refractivity contribution is 0.102. The molecule has 31 heavy (non-hydrogen) atoms. The molecule has 4 rings (SSSR count). The van der Waals surface area contributed by atoms with Crippen LogP contribution in [0.3, 0.4) is 0 Å². The Labute approximate surface area is 188 Å². The number of hydrogen-bond donors (Lipinski definition) is 2. The van der Waals surface area contributed by atoms with Crippen LogP contribution in [-0.2, 0) is 19.4 Å². The van der Waals surface area contributed by atoms with Gasteiger partial charge in [-0.05, 0) is 60.7 Å². The Morgan fingerprint density at radius 1 is 1.00 bits per heavy atom. The lowest BCUT2D eigenvalue weighted by atomic mass is 10.1. The van der Waals surface area contributed by atoms with Crippen LogP contribution >= 0.6 is 12.4 Å². The van der Waals surface area contributed by atoms with E-state index >= 15 is 0 Å². The highest BCUT2D eigenvalue weighted by Gasteiger charge is 2.11. The molecule has 0 aliphatic rings. The van der Waals surface area contributed by atoms with Crippen molar-refractivity contribution in [1.82, 2.24) is 9.55 Å². The number of anilines is 2. The fraction of sp³-hybridized carbons (Fsp3) is 0.200. The number of nitrogens with zero attached hydrogens (tertiary/aromatic N) is 2. The van der Waals surface area contributed by atoms with Crippen molar-refractivity contribution >= 4 is 41.0 Å². The molecule has 1 heterocycles. The zero-order valence-electron chi connectivity index (χ0n) is 17.5. The van der Waals surface area contributed by atoms with E-state index < -0.39 is 0 Å². The lowest BCUT2D eigenvalue weighted by Gasteiger charge is -2.08. The first-order valence-electron chi connectivity index (χ1n) is 10.3. The topological polar surface area (TPSA) is 72.9 Å². The van der Waals surface area contributed by atoms with Crippen LogP contribution in [0.25, 0.3) is 11.0 Å². The van der Waals surface area contributed by atoms with Gasteiger partial charge in [0, 0.05) is 17.8 Å². The second-order valence-corrected chi connectivity index (χ2v) is 7.42. The van der Waals surface area contributed by atoms with Crippen LogP contribution in [0.1, 0.15) is 34.8 Å². The van der Waals surface area contributed by atoms with Crippen LogP contribution in [-0.4, -0.2) is 15.5 Å². The van der Waals surface area contributed by atoms with E-state index in [0.717, 1.165) is 36.8 Å². The smallest absolute Gasteiger partial charge is 0.255 e. The average Bonchev–Trinajstić information content (AvgIpc) is 3.09. The fourth-order valence-electron chi connectivity index (χ4n) is 3.64. The van der Waals surface area contributed by atoms with E-state index in [4.69, 9.17) is 5.73 Å². The number of rotatable bonds is 7. The number of hydrogen-bond acceptors (Lipinski definition) is 3. The maximum atomic E-state index is 12.5. The molecule has 0 aliphatic carbocycles. The third-order valence-corrected chi connectivity index (χ3v) is 5.35. The summed E-state index contributed by atoms with van der Waals surface area (Å²) < 4.78 is 2.04. The van der Waals surface area contributed by atoms with Gasteiger partial charge in [-0.25, -0.2) is 4.98 Å². The van der Waals surface area contributed by atoms with Gasteiger partial charge in [-0.15, -0.1) is 12.4 Å². The number of nitrogens with two attached hydrogens (primary N) is 1. The summed E-state index contributed by atoms with van der Waals surface area (Å²) in [6.07, 6.45) is 2.92. The average molecular weight is 435 g/mol. The Hall–Kier alpha value is -3.31. The maximum absolute atomic E-state index is 12.5. The molecule has 1 amide bonds. The van der Waals surface area contributed by atoms with Gasteiger partial charge in [0.25, 0.3) is 5.91 Å². The van der Waals surface area contributed by atoms with Crippen molar-refractivity contribution in [3.63, 3.8) is 0 Å². The first-order chi connectivity index (χ1) is 14.6. The molecule has 160 valence electrons. The van der Waals surface area contributed by atoms with Crippen molar-refractivity contribution in [2.75, 3.05) is 11.1 Å². The summed E-state index contributed by atoms with van der Waals surface area (Å²) in [6.45, 7) is 2.89. The highest BCUT2D eigenvalue weighted by atomic mass is 35.5. The Morgan fingerprint density at radius 3 is 2.45 bits per heavy atom. The highest BCUT2D eigenvalue weighted by molar-refractivity contribution is 6.05. The van der Waals surface area contributed by atoms with Crippen LogP contribution in [0.5, 0.6) is 0 Å². The number of amides is 1. The number of halogens is 1. The molecule has 0 radical (unpaired) electrons. The van der Waals surface area contributed by atoms with Crippen molar-refractivity contribution in [3.05, 3.63) is 89.5 Å².